The van der Waals surface area contributed by atoms with Crippen molar-refractivity contribution in [1.82, 2.24) is 19.9 Å². The quantitative estimate of drug-likeness (QED) is 0.771. The fourth-order valence-corrected chi connectivity index (χ4v) is 3.12. The Kier molecular flexibility index (Phi) is 4.90. The van der Waals surface area contributed by atoms with Gasteiger partial charge in [0.2, 0.25) is 0 Å². The Labute approximate surface area is 144 Å². The molecule has 2 amide bonds. The first-order valence-corrected chi connectivity index (χ1v) is 8.52. The molecule has 0 saturated heterocycles. The van der Waals surface area contributed by atoms with Crippen molar-refractivity contribution in [2.24, 2.45) is 0 Å². The Morgan fingerprint density at radius 1 is 1.29 bits per heavy atom. The van der Waals surface area contributed by atoms with Gasteiger partial charge in [-0.3, -0.25) is 5.32 Å². The van der Waals surface area contributed by atoms with Crippen molar-refractivity contribution in [1.29, 1.82) is 0 Å². The lowest BCUT2D eigenvalue weighted by atomic mass is 10.2. The van der Waals surface area contributed by atoms with Gasteiger partial charge in [0, 0.05) is 11.9 Å². The molecule has 3 rings (SSSR count). The monoisotopic (exact) mass is 341 g/mol. The minimum absolute atomic E-state index is 0.00404. The molecule has 24 heavy (non-hydrogen) atoms. The van der Waals surface area contributed by atoms with Crippen molar-refractivity contribution in [3.05, 3.63) is 64.5 Å². The van der Waals surface area contributed by atoms with E-state index in [9.17, 15) is 4.79 Å². The summed E-state index contributed by atoms with van der Waals surface area (Å²) >= 11 is 1.63. The number of aromatic nitrogens is 3. The van der Waals surface area contributed by atoms with Crippen LogP contribution in [0.3, 0.4) is 0 Å². The molecule has 0 aliphatic rings. The number of anilines is 1. The molecule has 1 atom stereocenters. The maximum absolute atomic E-state index is 12.4. The highest BCUT2D eigenvalue weighted by molar-refractivity contribution is 7.10. The second-order valence-corrected chi connectivity index (χ2v) is 6.50. The van der Waals surface area contributed by atoms with Crippen LogP contribution in [-0.2, 0) is 6.54 Å². The minimum Gasteiger partial charge on any atom is -0.320 e. The average molecular weight is 341 g/mol. The van der Waals surface area contributed by atoms with Crippen molar-refractivity contribution in [3.8, 4) is 0 Å². The summed E-state index contributed by atoms with van der Waals surface area (Å²) in [5.41, 5.74) is 1.13. The molecule has 0 spiro atoms. The second-order valence-electron chi connectivity index (χ2n) is 5.52. The summed E-state index contributed by atoms with van der Waals surface area (Å²) in [7, 11) is 1.77. The summed E-state index contributed by atoms with van der Waals surface area (Å²) in [4.78, 5) is 15.2. The molecule has 0 saturated carbocycles. The number of hydrogen-bond acceptors (Lipinski definition) is 4. The predicted molar refractivity (Wildman–Crippen MR) is 95.1 cm³/mol. The Balaban J connectivity index is 1.60. The van der Waals surface area contributed by atoms with Crippen molar-refractivity contribution in [3.63, 3.8) is 0 Å². The Hall–Kier alpha value is -2.67. The summed E-state index contributed by atoms with van der Waals surface area (Å²) in [6.07, 6.45) is 1.73. The fraction of sp³-hybridized carbons (Fsp3) is 0.235. The van der Waals surface area contributed by atoms with Gasteiger partial charge in [0.05, 0.1) is 18.8 Å². The van der Waals surface area contributed by atoms with Crippen LogP contribution in [-0.4, -0.2) is 33.0 Å². The van der Waals surface area contributed by atoms with Gasteiger partial charge in [-0.25, -0.2) is 9.48 Å². The van der Waals surface area contributed by atoms with Crippen LogP contribution in [0.25, 0.3) is 0 Å². The van der Waals surface area contributed by atoms with Crippen molar-refractivity contribution in [2.75, 3.05) is 12.4 Å². The smallest absolute Gasteiger partial charge is 0.320 e. The number of hydrogen-bond donors (Lipinski definition) is 1. The molecule has 1 N–H and O–H groups in total. The molecule has 0 aliphatic heterocycles. The Bertz CT molecular complexity index is 784. The third kappa shape index (κ3) is 3.80. The van der Waals surface area contributed by atoms with E-state index < -0.39 is 0 Å². The predicted octanol–water partition coefficient (Wildman–Crippen LogP) is 3.61. The van der Waals surface area contributed by atoms with Crippen LogP contribution in [0.1, 0.15) is 23.4 Å². The lowest BCUT2D eigenvalue weighted by Gasteiger charge is -2.23. The molecule has 1 aromatic carbocycles. The van der Waals surface area contributed by atoms with E-state index in [0.717, 1.165) is 10.4 Å². The number of rotatable bonds is 5. The highest BCUT2D eigenvalue weighted by Gasteiger charge is 2.19. The van der Waals surface area contributed by atoms with E-state index in [1.807, 2.05) is 54.8 Å². The number of amides is 2. The van der Waals surface area contributed by atoms with E-state index in [2.05, 4.69) is 15.6 Å². The maximum Gasteiger partial charge on any atom is 0.323 e. The summed E-state index contributed by atoms with van der Waals surface area (Å²) in [5, 5.41) is 12.9. The largest absolute Gasteiger partial charge is 0.323 e. The topological polar surface area (TPSA) is 63.1 Å². The average Bonchev–Trinajstić information content (AvgIpc) is 3.26. The Morgan fingerprint density at radius 3 is 2.79 bits per heavy atom. The number of carbonyl (C=O) groups is 1. The van der Waals surface area contributed by atoms with Crippen molar-refractivity contribution >= 4 is 23.2 Å². The molecule has 124 valence electrons. The minimum atomic E-state index is -0.206. The molecular formula is C17H19N5OS. The first-order chi connectivity index (χ1) is 11.6. The van der Waals surface area contributed by atoms with Gasteiger partial charge in [-0.1, -0.05) is 41.6 Å². The molecule has 2 heterocycles. The molecule has 0 radical (unpaired) electrons. The van der Waals surface area contributed by atoms with Gasteiger partial charge >= 0.3 is 6.03 Å². The van der Waals surface area contributed by atoms with E-state index in [4.69, 9.17) is 0 Å². The highest BCUT2D eigenvalue weighted by Crippen LogP contribution is 2.23. The zero-order valence-corrected chi connectivity index (χ0v) is 14.4. The number of thiophene rings is 1. The molecule has 2 aromatic heterocycles. The van der Waals surface area contributed by atoms with Crippen LogP contribution in [0.2, 0.25) is 0 Å². The van der Waals surface area contributed by atoms with Gasteiger partial charge < -0.3 is 4.90 Å². The number of nitrogens with one attached hydrogen (secondary N) is 1. The van der Waals surface area contributed by atoms with Gasteiger partial charge in [-0.2, -0.15) is 0 Å². The third-order valence-electron chi connectivity index (χ3n) is 3.82. The SMILES string of the molecule is CC(c1cccs1)N(C)C(=O)Nc1cn(Cc2ccccc2)nn1. The highest BCUT2D eigenvalue weighted by atomic mass is 32.1. The Morgan fingerprint density at radius 2 is 2.08 bits per heavy atom. The number of urea groups is 1. The standard InChI is InChI=1S/C17H19N5OS/c1-13(15-9-6-10-24-15)21(2)17(23)18-16-12-22(20-19-16)11-14-7-4-3-5-8-14/h3-10,12-13H,11H2,1-2H3,(H,18,23). The van der Waals surface area contributed by atoms with Crippen LogP contribution in [0, 0.1) is 0 Å². The lowest BCUT2D eigenvalue weighted by Crippen LogP contribution is -2.33. The fourth-order valence-electron chi connectivity index (χ4n) is 2.30. The van der Waals surface area contributed by atoms with E-state index in [1.54, 1.807) is 34.2 Å². The normalized spacial score (nSPS) is 11.9. The molecule has 0 fully saturated rings. The number of carbonyl (C=O) groups excluding carboxylic acids is 1. The second kappa shape index (κ2) is 7.27. The first-order valence-electron chi connectivity index (χ1n) is 7.65. The van der Waals surface area contributed by atoms with Crippen molar-refractivity contribution < 1.29 is 4.79 Å². The summed E-state index contributed by atoms with van der Waals surface area (Å²) in [6, 6.07) is 13.8. The van der Waals surface area contributed by atoms with Gasteiger partial charge in [-0.15, -0.1) is 16.4 Å². The molecule has 1 unspecified atom stereocenters. The molecule has 0 bridgehead atoms. The summed E-state index contributed by atoms with van der Waals surface area (Å²) < 4.78 is 1.70. The van der Waals surface area contributed by atoms with Crippen molar-refractivity contribution in [2.45, 2.75) is 19.5 Å². The molecule has 7 heteroatoms. The third-order valence-corrected chi connectivity index (χ3v) is 4.86. The van der Waals surface area contributed by atoms with Crippen LogP contribution < -0.4 is 5.32 Å². The van der Waals surface area contributed by atoms with Crippen LogP contribution in [0.4, 0.5) is 10.6 Å². The summed E-state index contributed by atoms with van der Waals surface area (Å²) in [5.74, 6) is 0.446. The number of nitrogens with zero attached hydrogens (tertiary/aromatic N) is 4. The molecular weight excluding hydrogens is 322 g/mol. The van der Waals surface area contributed by atoms with E-state index in [1.165, 1.54) is 0 Å². The lowest BCUT2D eigenvalue weighted by molar-refractivity contribution is 0.209. The number of benzene rings is 1. The zero-order chi connectivity index (χ0) is 16.9. The van der Waals surface area contributed by atoms with E-state index in [-0.39, 0.29) is 12.1 Å². The zero-order valence-electron chi connectivity index (χ0n) is 13.6. The van der Waals surface area contributed by atoms with Crippen LogP contribution in [0.15, 0.2) is 54.0 Å². The summed E-state index contributed by atoms with van der Waals surface area (Å²) in [6.45, 7) is 2.61. The van der Waals surface area contributed by atoms with Gasteiger partial charge in [0.1, 0.15) is 0 Å². The van der Waals surface area contributed by atoms with Crippen LogP contribution in [0.5, 0.6) is 0 Å². The van der Waals surface area contributed by atoms with E-state index >= 15 is 0 Å². The van der Waals surface area contributed by atoms with Gasteiger partial charge in [0.25, 0.3) is 0 Å². The van der Waals surface area contributed by atoms with Gasteiger partial charge in [0.15, 0.2) is 5.82 Å². The van der Waals surface area contributed by atoms with E-state index in [0.29, 0.717) is 12.4 Å². The first kappa shape index (κ1) is 16.2. The molecule has 0 aliphatic carbocycles. The van der Waals surface area contributed by atoms with Gasteiger partial charge in [-0.05, 0) is 23.9 Å². The maximum atomic E-state index is 12.4. The molecule has 6 nitrogen and oxygen atoms in total. The molecule has 3 aromatic rings. The van der Waals surface area contributed by atoms with Crippen LogP contribution >= 0.6 is 11.3 Å².